The number of nitrogen functional groups attached to an aromatic ring is 1. The van der Waals surface area contributed by atoms with Gasteiger partial charge >= 0.3 is 5.97 Å². The van der Waals surface area contributed by atoms with Crippen LogP contribution in [-0.2, 0) is 0 Å². The highest BCUT2D eigenvalue weighted by molar-refractivity contribution is 5.99. The van der Waals surface area contributed by atoms with E-state index in [9.17, 15) is 4.79 Å². The molecule has 0 saturated heterocycles. The Morgan fingerprint density at radius 2 is 1.42 bits per heavy atom. The molecule has 26 heavy (non-hydrogen) atoms. The van der Waals surface area contributed by atoms with Crippen LogP contribution in [0.2, 0.25) is 0 Å². The molecule has 0 aliphatic carbocycles. The summed E-state index contributed by atoms with van der Waals surface area (Å²) in [6, 6.07) is 19.8. The zero-order valence-corrected chi connectivity index (χ0v) is 13.9. The van der Waals surface area contributed by atoms with E-state index in [1.54, 1.807) is 12.1 Å². The number of guanidine groups is 1. The van der Waals surface area contributed by atoms with Gasteiger partial charge < -0.3 is 21.9 Å². The largest absolute Gasteiger partial charge is 0.478 e. The number of nitrogens with one attached hydrogen (secondary N) is 3. The number of hydrogen-bond donors (Lipinski definition) is 6. The second kappa shape index (κ2) is 8.29. The molecule has 132 valence electrons. The lowest BCUT2D eigenvalue weighted by Gasteiger charge is -2.02. The van der Waals surface area contributed by atoms with Crippen molar-refractivity contribution in [2.24, 2.45) is 11.5 Å². The molecule has 0 bridgehead atoms. The average molecular weight is 349 g/mol. The van der Waals surface area contributed by atoms with Crippen molar-refractivity contribution in [1.82, 2.24) is 0 Å². The second-order valence-corrected chi connectivity index (χ2v) is 5.40. The van der Waals surface area contributed by atoms with E-state index in [-0.39, 0.29) is 17.4 Å². The number of benzene rings is 3. The van der Waals surface area contributed by atoms with Crippen LogP contribution in [0.1, 0.15) is 15.9 Å². The van der Waals surface area contributed by atoms with Gasteiger partial charge in [-0.2, -0.15) is 0 Å². The molecule has 3 aromatic carbocycles. The highest BCUT2D eigenvalue weighted by atomic mass is 16.4. The smallest absolute Gasteiger partial charge is 0.335 e. The summed E-state index contributed by atoms with van der Waals surface area (Å²) in [5, 5.41) is 27.6. The van der Waals surface area contributed by atoms with Crippen molar-refractivity contribution in [1.29, 1.82) is 10.8 Å². The molecule has 3 aromatic rings. The van der Waals surface area contributed by atoms with Crippen molar-refractivity contribution < 1.29 is 9.90 Å². The molecule has 0 unspecified atom stereocenters. The first-order valence-electron chi connectivity index (χ1n) is 7.64. The molecule has 0 fully saturated rings. The van der Waals surface area contributed by atoms with Crippen LogP contribution in [-0.4, -0.2) is 22.9 Å². The summed E-state index contributed by atoms with van der Waals surface area (Å²) in [5.74, 6) is -1.04. The summed E-state index contributed by atoms with van der Waals surface area (Å²) in [7, 11) is 0. The van der Waals surface area contributed by atoms with Gasteiger partial charge in [0.05, 0.1) is 5.56 Å². The molecular weight excluding hydrogens is 330 g/mol. The van der Waals surface area contributed by atoms with Crippen LogP contribution in [0, 0.1) is 10.8 Å². The fourth-order valence-electron chi connectivity index (χ4n) is 2.21. The molecule has 0 atom stereocenters. The van der Waals surface area contributed by atoms with Gasteiger partial charge in [0.15, 0.2) is 5.96 Å². The lowest BCUT2D eigenvalue weighted by molar-refractivity contribution is 0.0697. The summed E-state index contributed by atoms with van der Waals surface area (Å²) >= 11 is 0. The maximum absolute atomic E-state index is 10.4. The number of carboxylic acids is 1. The molecule has 0 spiro atoms. The molecule has 0 aromatic heterocycles. The number of nitrogens with two attached hydrogens (primary N) is 2. The standard InChI is InChI=1S/C11H10N2.C8H9N3O2/c12-11(13)10-6-5-8-3-1-2-4-9(8)7-10;9-8(10)11-6-3-1-5(2-4-6)7(12)13/h1-7H,(H3,12,13);1-4H,(H,12,13)(H4,9,10,11). The van der Waals surface area contributed by atoms with Crippen molar-refractivity contribution in [2.75, 3.05) is 5.32 Å². The number of anilines is 1. The average Bonchev–Trinajstić information content (AvgIpc) is 2.61. The summed E-state index contributed by atoms with van der Waals surface area (Å²) in [5.41, 5.74) is 12.0. The third kappa shape index (κ3) is 5.07. The third-order valence-electron chi connectivity index (χ3n) is 3.47. The van der Waals surface area contributed by atoms with Gasteiger partial charge in [0.25, 0.3) is 0 Å². The number of aromatic carboxylic acids is 1. The van der Waals surface area contributed by atoms with Crippen LogP contribution in [0.25, 0.3) is 10.8 Å². The van der Waals surface area contributed by atoms with E-state index in [0.29, 0.717) is 5.69 Å². The van der Waals surface area contributed by atoms with Gasteiger partial charge in [-0.05, 0) is 41.1 Å². The topological polar surface area (TPSA) is 149 Å². The van der Waals surface area contributed by atoms with E-state index < -0.39 is 5.97 Å². The van der Waals surface area contributed by atoms with E-state index in [1.165, 1.54) is 17.5 Å². The SMILES string of the molecule is N=C(N)Nc1ccc(C(=O)O)cc1.N=C(N)c1ccc2ccccc2c1. The zero-order chi connectivity index (χ0) is 19.1. The monoisotopic (exact) mass is 349 g/mol. The Hall–Kier alpha value is -3.87. The van der Waals surface area contributed by atoms with Gasteiger partial charge in [-0.15, -0.1) is 0 Å². The normalized spacial score (nSPS) is 9.69. The first kappa shape index (κ1) is 18.5. The Balaban J connectivity index is 0.000000187. The number of fused-ring (bicyclic) bond motifs is 1. The van der Waals surface area contributed by atoms with Gasteiger partial charge in [0.2, 0.25) is 0 Å². The molecule has 7 heteroatoms. The number of amidine groups is 1. The highest BCUT2D eigenvalue weighted by Gasteiger charge is 2.01. The minimum atomic E-state index is -0.977. The van der Waals surface area contributed by atoms with Gasteiger partial charge in [-0.25, -0.2) is 4.79 Å². The maximum Gasteiger partial charge on any atom is 0.335 e. The molecule has 0 heterocycles. The second-order valence-electron chi connectivity index (χ2n) is 5.40. The van der Waals surface area contributed by atoms with Crippen molar-refractivity contribution in [2.45, 2.75) is 0 Å². The van der Waals surface area contributed by atoms with Crippen LogP contribution in [0.4, 0.5) is 5.69 Å². The Bertz CT molecular complexity index is 952. The molecule has 0 aliphatic heterocycles. The number of carbonyl (C=O) groups is 1. The molecule has 0 aliphatic rings. The van der Waals surface area contributed by atoms with Crippen molar-refractivity contribution in [3.63, 3.8) is 0 Å². The van der Waals surface area contributed by atoms with E-state index >= 15 is 0 Å². The van der Waals surface area contributed by atoms with E-state index in [4.69, 9.17) is 27.4 Å². The Labute approximate surface area is 150 Å². The minimum absolute atomic E-state index is 0.116. The van der Waals surface area contributed by atoms with Gasteiger partial charge in [0, 0.05) is 11.3 Å². The fourth-order valence-corrected chi connectivity index (χ4v) is 2.21. The fraction of sp³-hybridized carbons (Fsp3) is 0. The quantitative estimate of drug-likeness (QED) is 0.317. The molecule has 0 radical (unpaired) electrons. The van der Waals surface area contributed by atoms with Crippen LogP contribution in [0.5, 0.6) is 0 Å². The molecule has 0 saturated carbocycles. The van der Waals surface area contributed by atoms with E-state index in [1.807, 2.05) is 42.5 Å². The van der Waals surface area contributed by atoms with E-state index in [2.05, 4.69) is 5.32 Å². The minimum Gasteiger partial charge on any atom is -0.478 e. The van der Waals surface area contributed by atoms with Crippen LogP contribution >= 0.6 is 0 Å². The highest BCUT2D eigenvalue weighted by Crippen LogP contribution is 2.15. The van der Waals surface area contributed by atoms with E-state index in [0.717, 1.165) is 10.9 Å². The van der Waals surface area contributed by atoms with Gasteiger partial charge in [-0.1, -0.05) is 36.4 Å². The Kier molecular flexibility index (Phi) is 5.89. The van der Waals surface area contributed by atoms with Crippen LogP contribution < -0.4 is 16.8 Å². The van der Waals surface area contributed by atoms with Crippen molar-refractivity contribution in [3.8, 4) is 0 Å². The Morgan fingerprint density at radius 3 is 1.96 bits per heavy atom. The van der Waals surface area contributed by atoms with Crippen LogP contribution in [0.3, 0.4) is 0 Å². The maximum atomic E-state index is 10.4. The molecule has 7 nitrogen and oxygen atoms in total. The van der Waals surface area contributed by atoms with Crippen LogP contribution in [0.15, 0.2) is 66.7 Å². The molecule has 3 rings (SSSR count). The number of hydrogen-bond acceptors (Lipinski definition) is 3. The summed E-state index contributed by atoms with van der Waals surface area (Å²) in [6.45, 7) is 0. The predicted octanol–water partition coefficient (Wildman–Crippen LogP) is 2.81. The number of carboxylic acid groups (broad SMARTS) is 1. The summed E-state index contributed by atoms with van der Waals surface area (Å²) in [4.78, 5) is 10.4. The Morgan fingerprint density at radius 1 is 0.846 bits per heavy atom. The molecule has 0 amide bonds. The van der Waals surface area contributed by atoms with Gasteiger partial charge in [-0.3, -0.25) is 10.8 Å². The first-order chi connectivity index (χ1) is 12.4. The van der Waals surface area contributed by atoms with Gasteiger partial charge in [0.1, 0.15) is 5.84 Å². The third-order valence-corrected chi connectivity index (χ3v) is 3.47. The lowest BCUT2D eigenvalue weighted by atomic mass is 10.1. The summed E-state index contributed by atoms with van der Waals surface area (Å²) < 4.78 is 0. The molecular formula is C19H19N5O2. The zero-order valence-electron chi connectivity index (χ0n) is 13.9. The lowest BCUT2D eigenvalue weighted by Crippen LogP contribution is -2.20. The van der Waals surface area contributed by atoms with Crippen molar-refractivity contribution in [3.05, 3.63) is 77.9 Å². The number of rotatable bonds is 3. The molecule has 8 N–H and O–H groups in total. The first-order valence-corrected chi connectivity index (χ1v) is 7.64. The van der Waals surface area contributed by atoms with Crippen molar-refractivity contribution >= 4 is 34.2 Å². The summed E-state index contributed by atoms with van der Waals surface area (Å²) in [6.07, 6.45) is 0. The predicted molar refractivity (Wildman–Crippen MR) is 104 cm³/mol.